The van der Waals surface area contributed by atoms with Gasteiger partial charge in [0.15, 0.2) is 0 Å². The molecule has 3 aromatic carbocycles. The van der Waals surface area contributed by atoms with Crippen molar-refractivity contribution >= 4 is 11.7 Å². The number of hydrogen-bond acceptors (Lipinski definition) is 4. The van der Waals surface area contributed by atoms with Crippen LogP contribution in [-0.4, -0.2) is 26.2 Å². The molecule has 0 saturated carbocycles. The van der Waals surface area contributed by atoms with E-state index in [4.69, 9.17) is 9.47 Å². The van der Waals surface area contributed by atoms with Gasteiger partial charge in [-0.2, -0.15) is 0 Å². The molecule has 0 radical (unpaired) electrons. The lowest BCUT2D eigenvalue weighted by Gasteiger charge is -2.33. The van der Waals surface area contributed by atoms with Crippen LogP contribution in [0.3, 0.4) is 0 Å². The smallest absolute Gasteiger partial charge is 0.310 e. The minimum atomic E-state index is -0.246. The standard InChI is InChI=1S/C26H27NO3/c1-3-29-26(28)18-20-8-4-7-11-25(20)30-21-14-12-19(13-15-21)22-16-17-27(2)24-10-6-5-9-23(22)24/h4-15,22H,3,16-18H2,1-2H3. The van der Waals surface area contributed by atoms with Gasteiger partial charge in [-0.1, -0.05) is 48.5 Å². The molecule has 4 heteroatoms. The first-order valence-corrected chi connectivity index (χ1v) is 10.5. The van der Waals surface area contributed by atoms with Gasteiger partial charge >= 0.3 is 5.97 Å². The van der Waals surface area contributed by atoms with Gasteiger partial charge in [0.25, 0.3) is 0 Å². The summed E-state index contributed by atoms with van der Waals surface area (Å²) in [5.41, 5.74) is 4.80. The first-order chi connectivity index (χ1) is 14.7. The molecule has 1 aliphatic heterocycles. The molecule has 1 unspecified atom stereocenters. The lowest BCUT2D eigenvalue weighted by atomic mass is 9.84. The zero-order valence-electron chi connectivity index (χ0n) is 17.5. The third-order valence-corrected chi connectivity index (χ3v) is 5.60. The van der Waals surface area contributed by atoms with Crippen molar-refractivity contribution in [3.63, 3.8) is 0 Å². The molecule has 0 bridgehead atoms. The molecule has 0 amide bonds. The Morgan fingerprint density at radius 3 is 2.53 bits per heavy atom. The van der Waals surface area contributed by atoms with Crippen molar-refractivity contribution in [1.82, 2.24) is 0 Å². The monoisotopic (exact) mass is 401 g/mol. The summed E-state index contributed by atoms with van der Waals surface area (Å²) in [5, 5.41) is 0. The van der Waals surface area contributed by atoms with Crippen LogP contribution in [0.5, 0.6) is 11.5 Å². The van der Waals surface area contributed by atoms with Gasteiger partial charge in [0.2, 0.25) is 0 Å². The molecule has 0 fully saturated rings. The van der Waals surface area contributed by atoms with E-state index in [-0.39, 0.29) is 12.4 Å². The van der Waals surface area contributed by atoms with Crippen LogP contribution >= 0.6 is 0 Å². The topological polar surface area (TPSA) is 38.8 Å². The number of para-hydroxylation sites is 2. The third kappa shape index (κ3) is 4.33. The summed E-state index contributed by atoms with van der Waals surface area (Å²) in [4.78, 5) is 14.2. The van der Waals surface area contributed by atoms with Gasteiger partial charge in [-0.3, -0.25) is 4.79 Å². The highest BCUT2D eigenvalue weighted by atomic mass is 16.5. The van der Waals surface area contributed by atoms with E-state index >= 15 is 0 Å². The van der Waals surface area contributed by atoms with Crippen molar-refractivity contribution in [1.29, 1.82) is 0 Å². The molecule has 0 spiro atoms. The highest BCUT2D eigenvalue weighted by Gasteiger charge is 2.24. The maximum atomic E-state index is 11.9. The molecular formula is C26H27NO3. The number of hydrogen-bond donors (Lipinski definition) is 0. The molecule has 0 N–H and O–H groups in total. The van der Waals surface area contributed by atoms with Crippen LogP contribution < -0.4 is 9.64 Å². The molecule has 1 aliphatic rings. The molecule has 4 nitrogen and oxygen atoms in total. The van der Waals surface area contributed by atoms with Crippen LogP contribution in [0.2, 0.25) is 0 Å². The highest BCUT2D eigenvalue weighted by Crippen LogP contribution is 2.39. The summed E-state index contributed by atoms with van der Waals surface area (Å²) >= 11 is 0. The molecule has 30 heavy (non-hydrogen) atoms. The van der Waals surface area contributed by atoms with E-state index in [1.807, 2.05) is 43.3 Å². The zero-order chi connectivity index (χ0) is 20.9. The van der Waals surface area contributed by atoms with Crippen molar-refractivity contribution in [2.24, 2.45) is 0 Å². The first kappa shape index (κ1) is 20.0. The zero-order valence-corrected chi connectivity index (χ0v) is 17.5. The minimum absolute atomic E-state index is 0.203. The van der Waals surface area contributed by atoms with E-state index in [1.54, 1.807) is 0 Å². The van der Waals surface area contributed by atoms with E-state index in [2.05, 4.69) is 48.3 Å². The van der Waals surface area contributed by atoms with E-state index in [9.17, 15) is 4.79 Å². The molecule has 0 aromatic heterocycles. The Balaban J connectivity index is 1.52. The summed E-state index contributed by atoms with van der Waals surface area (Å²) < 4.78 is 11.2. The van der Waals surface area contributed by atoms with Crippen LogP contribution in [0.4, 0.5) is 5.69 Å². The largest absolute Gasteiger partial charge is 0.466 e. The second-order valence-corrected chi connectivity index (χ2v) is 7.58. The molecule has 3 aromatic rings. The van der Waals surface area contributed by atoms with Crippen molar-refractivity contribution in [2.45, 2.75) is 25.7 Å². The van der Waals surface area contributed by atoms with Gasteiger partial charge in [0.05, 0.1) is 13.0 Å². The Hall–Kier alpha value is -3.27. The molecule has 1 heterocycles. The number of benzene rings is 3. The highest BCUT2D eigenvalue weighted by molar-refractivity contribution is 5.73. The number of carbonyl (C=O) groups is 1. The Morgan fingerprint density at radius 2 is 1.73 bits per heavy atom. The van der Waals surface area contributed by atoms with Crippen molar-refractivity contribution in [2.75, 3.05) is 25.1 Å². The number of rotatable bonds is 6. The van der Waals surface area contributed by atoms with Gasteiger partial charge in [-0.15, -0.1) is 0 Å². The molecular weight excluding hydrogens is 374 g/mol. The number of fused-ring (bicyclic) bond motifs is 1. The third-order valence-electron chi connectivity index (χ3n) is 5.60. The second kappa shape index (κ2) is 9.04. The van der Waals surface area contributed by atoms with Gasteiger partial charge in [-0.05, 0) is 48.7 Å². The van der Waals surface area contributed by atoms with Crippen molar-refractivity contribution < 1.29 is 14.3 Å². The van der Waals surface area contributed by atoms with E-state index in [0.717, 1.165) is 24.3 Å². The van der Waals surface area contributed by atoms with Crippen LogP contribution in [-0.2, 0) is 16.0 Å². The SMILES string of the molecule is CCOC(=O)Cc1ccccc1Oc1ccc(C2CCN(C)c3ccccc32)cc1. The van der Waals surface area contributed by atoms with Crippen LogP contribution in [0.15, 0.2) is 72.8 Å². The Labute approximate surface area is 178 Å². The number of nitrogens with zero attached hydrogens (tertiary/aromatic N) is 1. The average Bonchev–Trinajstić information content (AvgIpc) is 2.76. The van der Waals surface area contributed by atoms with Gasteiger partial charge in [0, 0.05) is 30.8 Å². The van der Waals surface area contributed by atoms with E-state index in [0.29, 0.717) is 18.3 Å². The number of esters is 1. The van der Waals surface area contributed by atoms with Gasteiger partial charge in [0.1, 0.15) is 11.5 Å². The molecule has 4 rings (SSSR count). The lowest BCUT2D eigenvalue weighted by Crippen LogP contribution is -2.27. The second-order valence-electron chi connectivity index (χ2n) is 7.58. The summed E-state index contributed by atoms with van der Waals surface area (Å²) in [5.74, 6) is 1.59. The Bertz CT molecular complexity index is 1010. The predicted molar refractivity (Wildman–Crippen MR) is 119 cm³/mol. The minimum Gasteiger partial charge on any atom is -0.466 e. The summed E-state index contributed by atoms with van der Waals surface area (Å²) in [6.45, 7) is 3.23. The van der Waals surface area contributed by atoms with Gasteiger partial charge in [-0.25, -0.2) is 0 Å². The Kier molecular flexibility index (Phi) is 6.03. The van der Waals surface area contributed by atoms with Crippen molar-refractivity contribution in [3.05, 3.63) is 89.5 Å². The van der Waals surface area contributed by atoms with Crippen LogP contribution in [0, 0.1) is 0 Å². The fourth-order valence-electron chi connectivity index (χ4n) is 4.09. The van der Waals surface area contributed by atoms with Crippen LogP contribution in [0.1, 0.15) is 36.0 Å². The summed E-state index contributed by atoms with van der Waals surface area (Å²) in [7, 11) is 2.15. The van der Waals surface area contributed by atoms with Crippen molar-refractivity contribution in [3.8, 4) is 11.5 Å². The molecule has 1 atom stereocenters. The lowest BCUT2D eigenvalue weighted by molar-refractivity contribution is -0.142. The fourth-order valence-corrected chi connectivity index (χ4v) is 4.09. The number of ether oxygens (including phenoxy) is 2. The molecule has 0 saturated heterocycles. The van der Waals surface area contributed by atoms with E-state index < -0.39 is 0 Å². The maximum Gasteiger partial charge on any atom is 0.310 e. The van der Waals surface area contributed by atoms with E-state index in [1.165, 1.54) is 16.8 Å². The number of anilines is 1. The Morgan fingerprint density at radius 1 is 1.00 bits per heavy atom. The summed E-state index contributed by atoms with van der Waals surface area (Å²) in [6, 6.07) is 24.6. The molecule has 154 valence electrons. The molecule has 0 aliphatic carbocycles. The quantitative estimate of drug-likeness (QED) is 0.507. The normalized spacial score (nSPS) is 15.4. The fraction of sp³-hybridized carbons (Fsp3) is 0.269. The van der Waals surface area contributed by atoms with Gasteiger partial charge < -0.3 is 14.4 Å². The summed E-state index contributed by atoms with van der Waals surface area (Å²) in [6.07, 6.45) is 1.30. The number of carbonyl (C=O) groups excluding carboxylic acids is 1. The van der Waals surface area contributed by atoms with Crippen LogP contribution in [0.25, 0.3) is 0 Å². The average molecular weight is 402 g/mol. The predicted octanol–water partition coefficient (Wildman–Crippen LogP) is 5.56. The first-order valence-electron chi connectivity index (χ1n) is 10.5. The maximum absolute atomic E-state index is 11.9.